The van der Waals surface area contributed by atoms with Crippen molar-refractivity contribution in [1.82, 2.24) is 0 Å². The average Bonchev–Trinajstić information content (AvgIpc) is 0.734. The Morgan fingerprint density at radius 2 is 0.289 bits per heavy atom. The van der Waals surface area contributed by atoms with Crippen LogP contribution in [0.5, 0.6) is 34.5 Å². The topological polar surface area (TPSA) is 55.4 Å². The fourth-order valence-corrected chi connectivity index (χ4v) is 17.8. The summed E-state index contributed by atoms with van der Waals surface area (Å²) in [6.07, 6.45) is 26.4. The molecule has 0 aromatic heterocycles. The molecule has 0 radical (unpaired) electrons. The third kappa shape index (κ3) is 16.3. The van der Waals surface area contributed by atoms with Crippen LogP contribution in [0.1, 0.15) is 196 Å². The van der Waals surface area contributed by atoms with Crippen LogP contribution in [0.4, 0.5) is 0 Å². The van der Waals surface area contributed by atoms with Gasteiger partial charge in [0.15, 0.2) is 34.5 Å². The summed E-state index contributed by atoms with van der Waals surface area (Å²) in [5.41, 5.74) is 0. The van der Waals surface area contributed by atoms with Crippen LogP contribution in [0.2, 0.25) is 0 Å². The lowest BCUT2D eigenvalue weighted by molar-refractivity contribution is 0.264. The molecule has 0 N–H and O–H groups in total. The smallest absolute Gasteiger partial charge is 0.169 e. The van der Waals surface area contributed by atoms with E-state index in [9.17, 15) is 0 Å². The Kier molecular flexibility index (Phi) is 24.9. The molecule has 0 spiro atoms. The fourth-order valence-electron chi connectivity index (χ4n) is 17.8. The average molecular weight is 1510 g/mol. The zero-order valence-electron chi connectivity index (χ0n) is 68.4. The van der Waals surface area contributed by atoms with Crippen LogP contribution < -0.4 is 28.4 Å². The van der Waals surface area contributed by atoms with Crippen molar-refractivity contribution in [1.29, 1.82) is 0 Å². The number of hydrogen-bond acceptors (Lipinski definition) is 6. The van der Waals surface area contributed by atoms with E-state index in [0.29, 0.717) is 39.6 Å². The Morgan fingerprint density at radius 1 is 0.140 bits per heavy atom. The van der Waals surface area contributed by atoms with Crippen molar-refractivity contribution in [2.75, 3.05) is 39.6 Å². The number of benzene rings is 15. The van der Waals surface area contributed by atoms with E-state index in [1.807, 2.05) is 0 Å². The van der Waals surface area contributed by atoms with Gasteiger partial charge in [-0.2, -0.15) is 0 Å². The van der Waals surface area contributed by atoms with E-state index in [0.717, 1.165) is 279 Å². The van der Waals surface area contributed by atoms with Crippen molar-refractivity contribution in [3.63, 3.8) is 0 Å². The number of rotatable bonds is 36. The van der Waals surface area contributed by atoms with Gasteiger partial charge in [0, 0.05) is 32.3 Å². The maximum absolute atomic E-state index is 7.24. The molecule has 114 heavy (non-hydrogen) atoms. The van der Waals surface area contributed by atoms with Crippen molar-refractivity contribution in [3.8, 4) is 34.5 Å². The van der Waals surface area contributed by atoms with Gasteiger partial charge in [0.05, 0.1) is 39.6 Å². The minimum atomic E-state index is 0.601. The molecule has 16 aromatic carbocycles. The van der Waals surface area contributed by atoms with Gasteiger partial charge in [-0.05, 0) is 277 Å². The Labute approximate surface area is 674 Å². The second-order valence-corrected chi connectivity index (χ2v) is 32.2. The van der Waals surface area contributed by atoms with E-state index in [2.05, 4.69) is 260 Å². The van der Waals surface area contributed by atoms with Gasteiger partial charge in [0.25, 0.3) is 0 Å². The maximum atomic E-state index is 7.24. The van der Waals surface area contributed by atoms with Crippen molar-refractivity contribution in [2.24, 2.45) is 0 Å². The second-order valence-electron chi connectivity index (χ2n) is 32.2. The SMILES string of the molecule is CCCCCCOc1c(OCCCCCC)c2ccc3cc2c2cc(ccc12)c1cc2ccccc2cc1c1ccc2c(OCCCCCC)c(OCCCCCC)c4ccc(cc4c2c1)c1cc2ccccc2cc1c1ccc2c(OCCCCCC)c(OCCCCCC)c4ccc(cc4c2c1)c1cc2ccccc2cc31. The molecule has 0 amide bonds. The Hall–Kier alpha value is -10.6. The molecule has 6 heteroatoms. The predicted molar refractivity (Wildman–Crippen MR) is 493 cm³/mol. The van der Waals surface area contributed by atoms with Gasteiger partial charge in [-0.1, -0.05) is 266 Å². The normalized spacial score (nSPS) is 11.9. The quantitative estimate of drug-likeness (QED) is 0.0288. The standard InChI is InChI=1S/C108H114O6/c1-7-13-19-31-55-109-103-85-49-43-79-67-97(85)98-68-80(44-50-86(98)104(103)110-56-32-20-14-8-2)92-62-74-38-27-28-40-76(74)64-94(92)82-46-52-88-100(70-82)102-72-84(48-54-90(102)108(114-60-36-24-18-12-6)106(88)112-58-34-22-16-10-4)96-66-78-42-30-29-41-77(78)65-95(96)83-47-53-89-101(71-83)99-69-81(93-63-75-39-26-25-37-73(75)61-91(79)93)45-51-87(99)105(111-57-33-21-15-9-3)107(89)113-59-35-23-17-11-5/h25-30,37-54,61-72H,7-24,31-36,55-60H2,1-6H3. The molecule has 0 saturated heterocycles. The van der Waals surface area contributed by atoms with Crippen LogP contribution in [0.25, 0.3) is 162 Å². The van der Waals surface area contributed by atoms with Gasteiger partial charge in [-0.25, -0.2) is 0 Å². The first-order valence-corrected chi connectivity index (χ1v) is 43.8. The summed E-state index contributed by atoms with van der Waals surface area (Å²) in [5.74, 6) is 4.96. The Bertz CT molecular complexity index is 5320. The van der Waals surface area contributed by atoms with E-state index in [1.165, 1.54) is 70.8 Å². The zero-order valence-corrected chi connectivity index (χ0v) is 68.4. The summed E-state index contributed by atoms with van der Waals surface area (Å²) in [5, 5.41) is 33.7. The van der Waals surface area contributed by atoms with E-state index in [4.69, 9.17) is 28.4 Å². The summed E-state index contributed by atoms with van der Waals surface area (Å²) < 4.78 is 43.4. The minimum absolute atomic E-state index is 0.601. The van der Waals surface area contributed by atoms with Gasteiger partial charge in [-0.3, -0.25) is 0 Å². The van der Waals surface area contributed by atoms with Crippen molar-refractivity contribution in [3.05, 3.63) is 218 Å². The summed E-state index contributed by atoms with van der Waals surface area (Å²) in [6.45, 7) is 17.3. The molecular weight excluding hydrogens is 1390 g/mol. The third-order valence-corrected chi connectivity index (χ3v) is 24.1. The lowest BCUT2D eigenvalue weighted by atomic mass is 9.92. The van der Waals surface area contributed by atoms with Gasteiger partial charge in [0.1, 0.15) is 0 Å². The van der Waals surface area contributed by atoms with Crippen LogP contribution in [0.15, 0.2) is 218 Å². The Morgan fingerprint density at radius 3 is 0.439 bits per heavy atom. The van der Waals surface area contributed by atoms with E-state index in [1.54, 1.807) is 0 Å². The molecule has 0 fully saturated rings. The van der Waals surface area contributed by atoms with Gasteiger partial charge < -0.3 is 28.4 Å². The third-order valence-electron chi connectivity index (χ3n) is 24.1. The summed E-state index contributed by atoms with van der Waals surface area (Å²) in [4.78, 5) is 0. The highest BCUT2D eigenvalue weighted by Crippen LogP contribution is 2.51. The lowest BCUT2D eigenvalue weighted by Gasteiger charge is -2.20. The number of fused-ring (bicyclic) bond motifs is 18. The lowest BCUT2D eigenvalue weighted by Crippen LogP contribution is -2.04. The molecular formula is C108H114O6. The largest absolute Gasteiger partial charge is 0.489 e. The fraction of sp³-hybridized carbons (Fsp3) is 0.333. The molecule has 0 aliphatic rings. The van der Waals surface area contributed by atoms with Crippen LogP contribution in [-0.4, -0.2) is 39.6 Å². The molecule has 0 aliphatic heterocycles. The molecule has 0 saturated carbocycles. The van der Waals surface area contributed by atoms with Gasteiger partial charge >= 0.3 is 0 Å². The van der Waals surface area contributed by atoms with Crippen LogP contribution >= 0.6 is 0 Å². The highest BCUT2D eigenvalue weighted by Gasteiger charge is 2.24. The number of hydrogen-bond donors (Lipinski definition) is 0. The Balaban J connectivity index is 1.10. The molecule has 12 bridgehead atoms. The van der Waals surface area contributed by atoms with E-state index in [-0.39, 0.29) is 0 Å². The summed E-state index contributed by atoms with van der Waals surface area (Å²) in [6, 6.07) is 84.2. The van der Waals surface area contributed by atoms with E-state index >= 15 is 0 Å². The van der Waals surface area contributed by atoms with Crippen molar-refractivity contribution in [2.45, 2.75) is 196 Å². The molecule has 0 atom stereocenters. The van der Waals surface area contributed by atoms with Gasteiger partial charge in [-0.15, -0.1) is 0 Å². The van der Waals surface area contributed by atoms with Gasteiger partial charge in [0.2, 0.25) is 0 Å². The minimum Gasteiger partial charge on any atom is -0.489 e. The van der Waals surface area contributed by atoms with E-state index < -0.39 is 0 Å². The van der Waals surface area contributed by atoms with Crippen LogP contribution in [0.3, 0.4) is 0 Å². The first kappa shape index (κ1) is 77.4. The predicted octanol–water partition coefficient (Wildman–Crippen LogP) is 32.4. The zero-order chi connectivity index (χ0) is 77.7. The summed E-state index contributed by atoms with van der Waals surface area (Å²) >= 11 is 0. The van der Waals surface area contributed by atoms with Crippen molar-refractivity contribution < 1.29 is 28.4 Å². The highest BCUT2D eigenvalue weighted by molar-refractivity contribution is 6.26. The molecule has 0 heterocycles. The number of ether oxygens (including phenoxy) is 6. The van der Waals surface area contributed by atoms with Crippen molar-refractivity contribution >= 4 is 162 Å². The molecule has 0 aliphatic carbocycles. The first-order chi connectivity index (χ1) is 56.3. The highest BCUT2D eigenvalue weighted by atomic mass is 16.5. The monoisotopic (exact) mass is 1510 g/mol. The number of unbranched alkanes of at least 4 members (excludes halogenated alkanes) is 18. The van der Waals surface area contributed by atoms with Crippen LogP contribution in [-0.2, 0) is 0 Å². The molecule has 16 aromatic rings. The van der Waals surface area contributed by atoms with Crippen LogP contribution in [0, 0.1) is 0 Å². The molecule has 6 nitrogen and oxygen atoms in total. The molecule has 0 unspecified atom stereocenters. The first-order valence-electron chi connectivity index (χ1n) is 43.8. The maximum Gasteiger partial charge on any atom is 0.169 e. The molecule has 16 rings (SSSR count). The second kappa shape index (κ2) is 36.7. The molecule has 582 valence electrons. The summed E-state index contributed by atoms with van der Waals surface area (Å²) in [7, 11) is 0.